The fourth-order valence-corrected chi connectivity index (χ4v) is 1.51. The van der Waals surface area contributed by atoms with E-state index in [9.17, 15) is 8.78 Å². The second-order valence-corrected chi connectivity index (χ2v) is 3.59. The lowest BCUT2D eigenvalue weighted by molar-refractivity contribution is -0.0493. The third-order valence-electron chi connectivity index (χ3n) is 2.31. The second kappa shape index (κ2) is 5.95. The van der Waals surface area contributed by atoms with Crippen molar-refractivity contribution >= 4 is 5.69 Å². The second-order valence-electron chi connectivity index (χ2n) is 3.59. The van der Waals surface area contributed by atoms with Crippen LogP contribution in [0.2, 0.25) is 0 Å². The average Bonchev–Trinajstić information content (AvgIpc) is 2.38. The molecule has 1 heterocycles. The summed E-state index contributed by atoms with van der Waals surface area (Å²) in [7, 11) is 0. The highest BCUT2D eigenvalue weighted by Gasteiger charge is 2.08. The Bertz CT molecular complexity index is 491. The zero-order valence-corrected chi connectivity index (χ0v) is 9.51. The molecule has 0 fully saturated rings. The van der Waals surface area contributed by atoms with Crippen molar-refractivity contribution in [3.05, 3.63) is 54.4 Å². The smallest absolute Gasteiger partial charge is 0.387 e. The number of hydrogen-bond donors (Lipinski definition) is 1. The molecule has 0 unspecified atom stereocenters. The van der Waals surface area contributed by atoms with Crippen molar-refractivity contribution in [2.24, 2.45) is 0 Å². The molecule has 0 spiro atoms. The van der Waals surface area contributed by atoms with Gasteiger partial charge in [-0.15, -0.1) is 0 Å². The first-order valence-electron chi connectivity index (χ1n) is 5.42. The number of halogens is 2. The summed E-state index contributed by atoms with van der Waals surface area (Å²) in [6.07, 6.45) is 3.39. The monoisotopic (exact) mass is 250 g/mol. The van der Waals surface area contributed by atoms with Crippen molar-refractivity contribution in [2.45, 2.75) is 13.2 Å². The first-order chi connectivity index (χ1) is 8.75. The van der Waals surface area contributed by atoms with Crippen molar-refractivity contribution in [2.75, 3.05) is 5.32 Å². The van der Waals surface area contributed by atoms with E-state index in [-0.39, 0.29) is 5.75 Å². The molecule has 0 radical (unpaired) electrons. The Morgan fingerprint density at radius 2 is 2.00 bits per heavy atom. The number of rotatable bonds is 5. The van der Waals surface area contributed by atoms with E-state index in [1.807, 2.05) is 12.1 Å². The van der Waals surface area contributed by atoms with Crippen LogP contribution in [0.25, 0.3) is 0 Å². The number of alkyl halides is 2. The lowest BCUT2D eigenvalue weighted by Gasteiger charge is -2.12. The van der Waals surface area contributed by atoms with Gasteiger partial charge in [-0.3, -0.25) is 4.98 Å². The molecule has 0 atom stereocenters. The van der Waals surface area contributed by atoms with Crippen molar-refractivity contribution in [1.29, 1.82) is 0 Å². The number of para-hydroxylation sites is 2. The van der Waals surface area contributed by atoms with Crippen molar-refractivity contribution in [3.63, 3.8) is 0 Å². The minimum Gasteiger partial charge on any atom is -0.433 e. The van der Waals surface area contributed by atoms with E-state index in [2.05, 4.69) is 15.0 Å². The standard InChI is InChI=1S/C13H12F2N2O/c14-13(15)18-12-6-2-1-5-11(12)17-9-10-4-3-7-16-8-10/h1-8,13,17H,9H2. The van der Waals surface area contributed by atoms with Crippen LogP contribution in [0.4, 0.5) is 14.5 Å². The summed E-state index contributed by atoms with van der Waals surface area (Å²) < 4.78 is 28.8. The van der Waals surface area contributed by atoms with Gasteiger partial charge in [0, 0.05) is 18.9 Å². The SMILES string of the molecule is FC(F)Oc1ccccc1NCc1cccnc1. The van der Waals surface area contributed by atoms with Crippen LogP contribution in [0.5, 0.6) is 5.75 Å². The number of nitrogens with zero attached hydrogens (tertiary/aromatic N) is 1. The Labute approximate surface area is 103 Å². The highest BCUT2D eigenvalue weighted by molar-refractivity contribution is 5.56. The predicted octanol–water partition coefficient (Wildman–Crippen LogP) is 3.30. The van der Waals surface area contributed by atoms with Crippen LogP contribution in [-0.2, 0) is 6.54 Å². The maximum Gasteiger partial charge on any atom is 0.387 e. The van der Waals surface area contributed by atoms with Crippen LogP contribution in [0, 0.1) is 0 Å². The summed E-state index contributed by atoms with van der Waals surface area (Å²) in [5.41, 5.74) is 1.49. The first kappa shape index (κ1) is 12.3. The maximum atomic E-state index is 12.2. The fraction of sp³-hybridized carbons (Fsp3) is 0.154. The summed E-state index contributed by atoms with van der Waals surface area (Å²) in [5, 5.41) is 3.04. The van der Waals surface area contributed by atoms with Crippen LogP contribution in [-0.4, -0.2) is 11.6 Å². The largest absolute Gasteiger partial charge is 0.433 e. The predicted molar refractivity (Wildman–Crippen MR) is 64.6 cm³/mol. The molecule has 3 nitrogen and oxygen atoms in total. The van der Waals surface area contributed by atoms with Gasteiger partial charge >= 0.3 is 6.61 Å². The van der Waals surface area contributed by atoms with E-state index in [1.165, 1.54) is 6.07 Å². The molecule has 0 saturated heterocycles. The molecule has 2 aromatic rings. The number of nitrogens with one attached hydrogen (secondary N) is 1. The zero-order valence-electron chi connectivity index (χ0n) is 9.51. The Kier molecular flexibility index (Phi) is 4.06. The lowest BCUT2D eigenvalue weighted by Crippen LogP contribution is -2.06. The number of anilines is 1. The van der Waals surface area contributed by atoms with Crippen LogP contribution in [0.3, 0.4) is 0 Å². The summed E-state index contributed by atoms with van der Waals surface area (Å²) in [6, 6.07) is 10.3. The molecule has 1 aromatic heterocycles. The third-order valence-corrected chi connectivity index (χ3v) is 2.31. The highest BCUT2D eigenvalue weighted by Crippen LogP contribution is 2.25. The molecule has 2 rings (SSSR count). The zero-order chi connectivity index (χ0) is 12.8. The van der Waals surface area contributed by atoms with Gasteiger partial charge in [0.05, 0.1) is 5.69 Å². The van der Waals surface area contributed by atoms with Crippen molar-refractivity contribution in [1.82, 2.24) is 4.98 Å². The van der Waals surface area contributed by atoms with E-state index in [4.69, 9.17) is 0 Å². The number of ether oxygens (including phenoxy) is 1. The van der Waals surface area contributed by atoms with E-state index >= 15 is 0 Å². The van der Waals surface area contributed by atoms with Gasteiger partial charge < -0.3 is 10.1 Å². The molecule has 0 aliphatic carbocycles. The van der Waals surface area contributed by atoms with Gasteiger partial charge in [0.25, 0.3) is 0 Å². The fourth-order valence-electron chi connectivity index (χ4n) is 1.51. The van der Waals surface area contributed by atoms with E-state index in [1.54, 1.807) is 30.6 Å². The molecular formula is C13H12F2N2O. The van der Waals surface area contributed by atoms with E-state index in [0.29, 0.717) is 12.2 Å². The molecule has 1 N–H and O–H groups in total. The summed E-state index contributed by atoms with van der Waals surface area (Å²) in [5.74, 6) is 0.136. The van der Waals surface area contributed by atoms with Crippen LogP contribution >= 0.6 is 0 Å². The Hall–Kier alpha value is -2.17. The minimum atomic E-state index is -2.83. The number of hydrogen-bond acceptors (Lipinski definition) is 3. The molecule has 0 aliphatic heterocycles. The minimum absolute atomic E-state index is 0.136. The first-order valence-corrected chi connectivity index (χ1v) is 5.42. The normalized spacial score (nSPS) is 10.4. The molecule has 0 amide bonds. The Balaban J connectivity index is 2.05. The molecule has 5 heteroatoms. The van der Waals surface area contributed by atoms with Gasteiger partial charge in [-0.1, -0.05) is 18.2 Å². The van der Waals surface area contributed by atoms with Crippen molar-refractivity contribution in [3.8, 4) is 5.75 Å². The molecule has 18 heavy (non-hydrogen) atoms. The lowest BCUT2D eigenvalue weighted by atomic mass is 10.2. The van der Waals surface area contributed by atoms with Gasteiger partial charge in [-0.25, -0.2) is 0 Å². The van der Waals surface area contributed by atoms with E-state index < -0.39 is 6.61 Å². The number of aromatic nitrogens is 1. The van der Waals surface area contributed by atoms with Crippen LogP contribution in [0.1, 0.15) is 5.56 Å². The molecule has 1 aromatic carbocycles. The number of pyridine rings is 1. The summed E-state index contributed by atoms with van der Waals surface area (Å²) in [6.45, 7) is -2.33. The van der Waals surface area contributed by atoms with Gasteiger partial charge in [0.15, 0.2) is 0 Å². The third kappa shape index (κ3) is 3.41. The Morgan fingerprint density at radius 3 is 2.72 bits per heavy atom. The highest BCUT2D eigenvalue weighted by atomic mass is 19.3. The van der Waals surface area contributed by atoms with Crippen LogP contribution in [0.15, 0.2) is 48.8 Å². The Morgan fingerprint density at radius 1 is 1.17 bits per heavy atom. The molecular weight excluding hydrogens is 238 g/mol. The molecule has 94 valence electrons. The van der Waals surface area contributed by atoms with Gasteiger partial charge in [0.1, 0.15) is 5.75 Å². The van der Waals surface area contributed by atoms with Gasteiger partial charge in [0.2, 0.25) is 0 Å². The summed E-state index contributed by atoms with van der Waals surface area (Å²) >= 11 is 0. The van der Waals surface area contributed by atoms with Crippen molar-refractivity contribution < 1.29 is 13.5 Å². The molecule has 0 saturated carbocycles. The quantitative estimate of drug-likeness (QED) is 0.884. The number of benzene rings is 1. The van der Waals surface area contributed by atoms with E-state index in [0.717, 1.165) is 5.56 Å². The maximum absolute atomic E-state index is 12.2. The van der Waals surface area contributed by atoms with Gasteiger partial charge in [-0.2, -0.15) is 8.78 Å². The van der Waals surface area contributed by atoms with Crippen LogP contribution < -0.4 is 10.1 Å². The topological polar surface area (TPSA) is 34.1 Å². The average molecular weight is 250 g/mol. The van der Waals surface area contributed by atoms with Gasteiger partial charge in [-0.05, 0) is 23.8 Å². The molecule has 0 aliphatic rings. The molecule has 0 bridgehead atoms. The summed E-state index contributed by atoms with van der Waals surface area (Å²) in [4.78, 5) is 3.98.